The fourth-order valence-corrected chi connectivity index (χ4v) is 2.97. The first-order valence-electron chi connectivity index (χ1n) is 6.75. The summed E-state index contributed by atoms with van der Waals surface area (Å²) in [4.78, 5) is 16.9. The highest BCUT2D eigenvalue weighted by Gasteiger charge is 2.44. The van der Waals surface area contributed by atoms with Crippen LogP contribution in [0.3, 0.4) is 0 Å². The van der Waals surface area contributed by atoms with E-state index in [4.69, 9.17) is 4.74 Å². The predicted octanol–water partition coefficient (Wildman–Crippen LogP) is 2.59. The molecule has 0 N–H and O–H groups in total. The van der Waals surface area contributed by atoms with Crippen LogP contribution in [0.5, 0.6) is 0 Å². The van der Waals surface area contributed by atoms with E-state index >= 15 is 0 Å². The third-order valence-electron chi connectivity index (χ3n) is 3.81. The smallest absolute Gasteiger partial charge is 0.229 e. The van der Waals surface area contributed by atoms with Gasteiger partial charge in [-0.1, -0.05) is 13.3 Å². The highest BCUT2D eigenvalue weighted by Crippen LogP contribution is 2.37. The Morgan fingerprint density at radius 2 is 2.44 bits per heavy atom. The summed E-state index contributed by atoms with van der Waals surface area (Å²) in [6.07, 6.45) is 7.33. The number of nitrogens with zero attached hydrogens (tertiary/aromatic N) is 2. The van der Waals surface area contributed by atoms with Gasteiger partial charge >= 0.3 is 0 Å². The highest BCUT2D eigenvalue weighted by molar-refractivity contribution is 5.99. The van der Waals surface area contributed by atoms with Crippen LogP contribution in [0, 0.1) is 5.92 Å². The molecule has 0 amide bonds. The van der Waals surface area contributed by atoms with Gasteiger partial charge < -0.3 is 9.30 Å². The number of rotatable bonds is 4. The van der Waals surface area contributed by atoms with Gasteiger partial charge in [0.05, 0.1) is 0 Å². The molecule has 1 aromatic rings. The normalized spacial score (nSPS) is 28.3. The van der Waals surface area contributed by atoms with E-state index in [0.29, 0.717) is 18.3 Å². The zero-order valence-corrected chi connectivity index (χ0v) is 11.5. The van der Waals surface area contributed by atoms with Crippen molar-refractivity contribution < 1.29 is 9.53 Å². The predicted molar refractivity (Wildman–Crippen MR) is 69.5 cm³/mol. The van der Waals surface area contributed by atoms with Gasteiger partial charge in [0.1, 0.15) is 5.60 Å². The zero-order chi connectivity index (χ0) is 13.2. The maximum absolute atomic E-state index is 12.7. The summed E-state index contributed by atoms with van der Waals surface area (Å²) in [5.41, 5.74) is -0.647. The molecule has 1 aromatic heterocycles. The summed E-state index contributed by atoms with van der Waals surface area (Å²) in [5, 5.41) is 0. The second-order valence-electron chi connectivity index (χ2n) is 5.32. The molecule has 1 heterocycles. The van der Waals surface area contributed by atoms with Gasteiger partial charge in [0.25, 0.3) is 0 Å². The molecule has 100 valence electrons. The molecule has 1 aliphatic carbocycles. The number of carbonyl (C=O) groups is 1. The van der Waals surface area contributed by atoms with Gasteiger partial charge in [-0.15, -0.1) is 0 Å². The number of Topliss-reactive ketones (excluding diaryl/α,β-unsaturated/α-hetero) is 1. The van der Waals surface area contributed by atoms with Gasteiger partial charge in [-0.3, -0.25) is 4.79 Å². The molecule has 1 fully saturated rings. The first-order chi connectivity index (χ1) is 8.59. The third-order valence-corrected chi connectivity index (χ3v) is 3.81. The maximum Gasteiger partial charge on any atom is 0.229 e. The van der Waals surface area contributed by atoms with Crippen LogP contribution >= 0.6 is 0 Å². The number of aryl methyl sites for hydroxylation is 1. The summed E-state index contributed by atoms with van der Waals surface area (Å²) in [6.45, 7) is 4.72. The molecule has 2 unspecified atom stereocenters. The number of hydrogen-bond acceptors (Lipinski definition) is 3. The molecule has 0 bridgehead atoms. The molecular formula is C14H22N2O2. The molecule has 2 atom stereocenters. The Morgan fingerprint density at radius 3 is 3.00 bits per heavy atom. The Bertz CT molecular complexity index is 423. The summed E-state index contributed by atoms with van der Waals surface area (Å²) in [5.74, 6) is 1.09. The van der Waals surface area contributed by atoms with Gasteiger partial charge in [-0.25, -0.2) is 4.98 Å². The lowest BCUT2D eigenvalue weighted by molar-refractivity contribution is -0.0519. The van der Waals surface area contributed by atoms with Gasteiger partial charge in [-0.2, -0.15) is 0 Å². The quantitative estimate of drug-likeness (QED) is 0.771. The minimum absolute atomic E-state index is 0.0448. The zero-order valence-electron chi connectivity index (χ0n) is 11.5. The van der Waals surface area contributed by atoms with Crippen LogP contribution in [0.1, 0.15) is 50.1 Å². The van der Waals surface area contributed by atoms with Crippen molar-refractivity contribution in [3.05, 3.63) is 18.2 Å². The minimum Gasteiger partial charge on any atom is -0.367 e. The summed E-state index contributed by atoms with van der Waals surface area (Å²) < 4.78 is 7.66. The SMILES string of the molecule is CCOC1(C(=O)c2nccn2C)CCCC(C)C1. The average Bonchev–Trinajstić information content (AvgIpc) is 2.75. The Hall–Kier alpha value is -1.16. The number of aromatic nitrogens is 2. The first-order valence-corrected chi connectivity index (χ1v) is 6.75. The standard InChI is InChI=1S/C14H22N2O2/c1-4-18-14(7-5-6-11(2)10-14)12(17)13-15-8-9-16(13)3/h8-9,11H,4-7,10H2,1-3H3. The summed E-state index contributed by atoms with van der Waals surface area (Å²) in [7, 11) is 1.85. The molecule has 2 rings (SSSR count). The number of hydrogen-bond donors (Lipinski definition) is 0. The van der Waals surface area contributed by atoms with E-state index in [2.05, 4.69) is 11.9 Å². The van der Waals surface area contributed by atoms with E-state index in [9.17, 15) is 4.79 Å². The monoisotopic (exact) mass is 250 g/mol. The molecule has 1 saturated carbocycles. The summed E-state index contributed by atoms with van der Waals surface area (Å²) in [6, 6.07) is 0. The van der Waals surface area contributed by atoms with Crippen LogP contribution in [0.15, 0.2) is 12.4 Å². The van der Waals surface area contributed by atoms with Crippen molar-refractivity contribution in [2.75, 3.05) is 6.61 Å². The van der Waals surface area contributed by atoms with Crippen molar-refractivity contribution in [3.8, 4) is 0 Å². The van der Waals surface area contributed by atoms with E-state index in [0.717, 1.165) is 19.3 Å². The van der Waals surface area contributed by atoms with E-state index in [1.807, 2.05) is 14.0 Å². The molecule has 0 spiro atoms. The molecule has 0 radical (unpaired) electrons. The largest absolute Gasteiger partial charge is 0.367 e. The van der Waals surface area contributed by atoms with Crippen LogP contribution in [-0.4, -0.2) is 27.5 Å². The first kappa shape index (κ1) is 13.3. The number of ketones is 1. The van der Waals surface area contributed by atoms with Crippen LogP contribution in [-0.2, 0) is 11.8 Å². The van der Waals surface area contributed by atoms with Crippen molar-refractivity contribution in [1.29, 1.82) is 0 Å². The number of carbonyl (C=O) groups excluding carboxylic acids is 1. The van der Waals surface area contributed by atoms with E-state index in [-0.39, 0.29) is 5.78 Å². The van der Waals surface area contributed by atoms with E-state index < -0.39 is 5.60 Å². The van der Waals surface area contributed by atoms with E-state index in [1.54, 1.807) is 17.0 Å². The van der Waals surface area contributed by atoms with Crippen molar-refractivity contribution in [1.82, 2.24) is 9.55 Å². The number of imidazole rings is 1. The maximum atomic E-state index is 12.7. The molecule has 1 aliphatic rings. The molecule has 0 saturated heterocycles. The van der Waals surface area contributed by atoms with Gasteiger partial charge in [0, 0.05) is 26.0 Å². The van der Waals surface area contributed by atoms with Gasteiger partial charge in [0.15, 0.2) is 5.82 Å². The van der Waals surface area contributed by atoms with Gasteiger partial charge in [-0.05, 0) is 32.1 Å². The topological polar surface area (TPSA) is 44.1 Å². The lowest BCUT2D eigenvalue weighted by Crippen LogP contribution is -2.46. The molecule has 4 heteroatoms. The molecule has 4 nitrogen and oxygen atoms in total. The molecular weight excluding hydrogens is 228 g/mol. The summed E-state index contributed by atoms with van der Waals surface area (Å²) >= 11 is 0. The molecule has 0 aliphatic heterocycles. The highest BCUT2D eigenvalue weighted by atomic mass is 16.5. The Kier molecular flexibility index (Phi) is 3.85. The van der Waals surface area contributed by atoms with Crippen molar-refractivity contribution in [3.63, 3.8) is 0 Å². The lowest BCUT2D eigenvalue weighted by Gasteiger charge is -2.38. The average molecular weight is 250 g/mol. The second-order valence-corrected chi connectivity index (χ2v) is 5.32. The van der Waals surface area contributed by atoms with Crippen molar-refractivity contribution >= 4 is 5.78 Å². The third kappa shape index (κ3) is 2.34. The van der Waals surface area contributed by atoms with Crippen LogP contribution < -0.4 is 0 Å². The lowest BCUT2D eigenvalue weighted by atomic mass is 9.76. The van der Waals surface area contributed by atoms with Crippen LogP contribution in [0.25, 0.3) is 0 Å². The van der Waals surface area contributed by atoms with Crippen molar-refractivity contribution in [2.24, 2.45) is 13.0 Å². The minimum atomic E-state index is -0.647. The Labute approximate surface area is 108 Å². The van der Waals surface area contributed by atoms with Crippen LogP contribution in [0.2, 0.25) is 0 Å². The fraction of sp³-hybridized carbons (Fsp3) is 0.714. The second kappa shape index (κ2) is 5.22. The van der Waals surface area contributed by atoms with Crippen LogP contribution in [0.4, 0.5) is 0 Å². The number of ether oxygens (including phenoxy) is 1. The van der Waals surface area contributed by atoms with E-state index in [1.165, 1.54) is 6.42 Å². The van der Waals surface area contributed by atoms with Gasteiger partial charge in [0.2, 0.25) is 5.78 Å². The molecule has 18 heavy (non-hydrogen) atoms. The molecule has 0 aromatic carbocycles. The fourth-order valence-electron chi connectivity index (χ4n) is 2.97. The van der Waals surface area contributed by atoms with Crippen molar-refractivity contribution in [2.45, 2.75) is 45.1 Å². The Morgan fingerprint density at radius 1 is 1.67 bits per heavy atom. The Balaban J connectivity index is 2.29.